The maximum Gasteiger partial charge on any atom is 0.0428 e. The molecule has 17 heavy (non-hydrogen) atoms. The van der Waals surface area contributed by atoms with Gasteiger partial charge in [-0.25, -0.2) is 0 Å². The molecule has 1 N–H and O–H groups in total. The smallest absolute Gasteiger partial charge is 0.0428 e. The molecule has 0 amide bonds. The third kappa shape index (κ3) is 2.32. The Kier molecular flexibility index (Phi) is 3.43. The van der Waals surface area contributed by atoms with Crippen LogP contribution in [-0.2, 0) is 0 Å². The average Bonchev–Trinajstić information content (AvgIpc) is 2.21. The van der Waals surface area contributed by atoms with E-state index in [1.165, 1.54) is 41.0 Å². The number of nitrogens with zero attached hydrogens (tertiary/aromatic N) is 1. The van der Waals surface area contributed by atoms with Gasteiger partial charge in [0.15, 0.2) is 0 Å². The van der Waals surface area contributed by atoms with Crippen molar-refractivity contribution in [2.75, 3.05) is 31.6 Å². The Labute approximate surface area is 105 Å². The van der Waals surface area contributed by atoms with Crippen LogP contribution < -0.4 is 10.2 Å². The average molecular weight is 232 g/mol. The first-order chi connectivity index (χ1) is 8.00. The van der Waals surface area contributed by atoms with E-state index in [4.69, 9.17) is 0 Å². The van der Waals surface area contributed by atoms with E-state index in [2.05, 4.69) is 51.0 Å². The first-order valence-corrected chi connectivity index (χ1v) is 6.50. The van der Waals surface area contributed by atoms with Crippen LogP contribution in [0.25, 0.3) is 0 Å². The normalized spacial score (nSPS) is 15.8. The van der Waals surface area contributed by atoms with Crippen LogP contribution in [0, 0.1) is 33.6 Å². The van der Waals surface area contributed by atoms with Gasteiger partial charge < -0.3 is 10.2 Å². The highest BCUT2D eigenvalue weighted by molar-refractivity contribution is 5.63. The summed E-state index contributed by atoms with van der Waals surface area (Å²) in [4.78, 5) is 2.44. The van der Waals surface area contributed by atoms with Gasteiger partial charge in [-0.05, 0) is 49.9 Å². The molecule has 1 fully saturated rings. The lowest BCUT2D eigenvalue weighted by atomic mass is 9.96. The highest BCUT2D eigenvalue weighted by atomic mass is 15.1. The van der Waals surface area contributed by atoms with Gasteiger partial charge in [-0.2, -0.15) is 0 Å². The van der Waals surface area contributed by atoms with Crippen molar-refractivity contribution < 1.29 is 0 Å². The molecular formula is C15H24N2. The predicted molar refractivity (Wildman–Crippen MR) is 75.0 cm³/mol. The van der Waals surface area contributed by atoms with Crippen molar-refractivity contribution >= 4 is 5.69 Å². The van der Waals surface area contributed by atoms with E-state index < -0.39 is 0 Å². The first-order valence-electron chi connectivity index (χ1n) is 6.50. The number of anilines is 1. The van der Waals surface area contributed by atoms with Crippen molar-refractivity contribution in [3.05, 3.63) is 28.3 Å². The van der Waals surface area contributed by atoms with Gasteiger partial charge in [-0.1, -0.05) is 6.07 Å². The standard InChI is InChI=1S/C15H24N2/c1-10-6-11(2)13(4)15(12(10)3)17(5)9-14-7-16-8-14/h6,14,16H,7-9H2,1-5H3. The van der Waals surface area contributed by atoms with Crippen molar-refractivity contribution in [2.45, 2.75) is 27.7 Å². The summed E-state index contributed by atoms with van der Waals surface area (Å²) in [7, 11) is 2.23. The number of hydrogen-bond acceptors (Lipinski definition) is 2. The van der Waals surface area contributed by atoms with Crippen LogP contribution in [0.5, 0.6) is 0 Å². The predicted octanol–water partition coefficient (Wildman–Crippen LogP) is 2.58. The van der Waals surface area contributed by atoms with E-state index in [1.807, 2.05) is 0 Å². The zero-order valence-corrected chi connectivity index (χ0v) is 11.7. The molecule has 0 radical (unpaired) electrons. The van der Waals surface area contributed by atoms with Crippen LogP contribution in [-0.4, -0.2) is 26.7 Å². The van der Waals surface area contributed by atoms with Gasteiger partial charge in [0.2, 0.25) is 0 Å². The van der Waals surface area contributed by atoms with E-state index in [0.717, 1.165) is 12.5 Å². The Morgan fingerprint density at radius 1 is 1.12 bits per heavy atom. The number of hydrogen-bond donors (Lipinski definition) is 1. The monoisotopic (exact) mass is 232 g/mol. The SMILES string of the molecule is Cc1cc(C)c(C)c(N(C)CC2CNC2)c1C. The molecule has 0 spiro atoms. The number of aryl methyl sites for hydroxylation is 2. The fourth-order valence-electron chi connectivity index (χ4n) is 2.72. The second-order valence-corrected chi connectivity index (χ2v) is 5.51. The molecule has 1 aliphatic rings. The summed E-state index contributed by atoms with van der Waals surface area (Å²) in [5.41, 5.74) is 7.11. The fraction of sp³-hybridized carbons (Fsp3) is 0.600. The third-order valence-corrected chi connectivity index (χ3v) is 4.11. The van der Waals surface area contributed by atoms with Gasteiger partial charge in [0.1, 0.15) is 0 Å². The molecule has 1 aromatic rings. The Bertz CT molecular complexity index is 393. The van der Waals surface area contributed by atoms with E-state index in [1.54, 1.807) is 0 Å². The lowest BCUT2D eigenvalue weighted by Gasteiger charge is -2.34. The molecule has 1 aliphatic heterocycles. The summed E-state index contributed by atoms with van der Waals surface area (Å²) in [5.74, 6) is 0.819. The molecule has 1 heterocycles. The number of benzene rings is 1. The van der Waals surface area contributed by atoms with Crippen LogP contribution in [0.4, 0.5) is 5.69 Å². The van der Waals surface area contributed by atoms with Crippen molar-refractivity contribution in [1.82, 2.24) is 5.32 Å². The van der Waals surface area contributed by atoms with Crippen molar-refractivity contribution in [2.24, 2.45) is 5.92 Å². The molecule has 94 valence electrons. The Morgan fingerprint density at radius 2 is 1.65 bits per heavy atom. The molecule has 0 atom stereocenters. The van der Waals surface area contributed by atoms with Crippen LogP contribution in [0.3, 0.4) is 0 Å². The minimum Gasteiger partial charge on any atom is -0.374 e. The van der Waals surface area contributed by atoms with Gasteiger partial charge >= 0.3 is 0 Å². The van der Waals surface area contributed by atoms with Crippen molar-refractivity contribution in [1.29, 1.82) is 0 Å². The zero-order chi connectivity index (χ0) is 12.6. The van der Waals surface area contributed by atoms with Gasteiger partial charge in [0.05, 0.1) is 0 Å². The molecule has 2 rings (SSSR count). The van der Waals surface area contributed by atoms with Gasteiger partial charge in [-0.15, -0.1) is 0 Å². The molecule has 1 aromatic carbocycles. The molecular weight excluding hydrogens is 208 g/mol. The molecule has 0 aliphatic carbocycles. The maximum absolute atomic E-state index is 3.34. The van der Waals surface area contributed by atoms with Crippen LogP contribution in [0.2, 0.25) is 0 Å². The zero-order valence-electron chi connectivity index (χ0n) is 11.7. The van der Waals surface area contributed by atoms with Crippen molar-refractivity contribution in [3.8, 4) is 0 Å². The van der Waals surface area contributed by atoms with Gasteiger partial charge in [0, 0.05) is 38.3 Å². The quantitative estimate of drug-likeness (QED) is 0.861. The molecule has 1 saturated heterocycles. The third-order valence-electron chi connectivity index (χ3n) is 4.11. The number of rotatable bonds is 3. The highest BCUT2D eigenvalue weighted by Crippen LogP contribution is 2.30. The highest BCUT2D eigenvalue weighted by Gasteiger charge is 2.20. The maximum atomic E-state index is 3.34. The Morgan fingerprint density at radius 3 is 2.06 bits per heavy atom. The van der Waals surface area contributed by atoms with E-state index in [9.17, 15) is 0 Å². The van der Waals surface area contributed by atoms with Crippen LogP contribution in [0.15, 0.2) is 6.07 Å². The van der Waals surface area contributed by atoms with E-state index >= 15 is 0 Å². The largest absolute Gasteiger partial charge is 0.374 e. The van der Waals surface area contributed by atoms with E-state index in [0.29, 0.717) is 0 Å². The Hall–Kier alpha value is -1.02. The van der Waals surface area contributed by atoms with Crippen LogP contribution in [0.1, 0.15) is 22.3 Å². The topological polar surface area (TPSA) is 15.3 Å². The Balaban J connectivity index is 2.29. The molecule has 0 bridgehead atoms. The molecule has 2 nitrogen and oxygen atoms in total. The molecule has 0 unspecified atom stereocenters. The minimum absolute atomic E-state index is 0.819. The molecule has 0 saturated carbocycles. The summed E-state index contributed by atoms with van der Waals surface area (Å²) in [6, 6.07) is 2.30. The van der Waals surface area contributed by atoms with Crippen LogP contribution >= 0.6 is 0 Å². The summed E-state index contributed by atoms with van der Waals surface area (Å²) in [6.45, 7) is 12.4. The van der Waals surface area contributed by atoms with Gasteiger partial charge in [0.25, 0.3) is 0 Å². The first kappa shape index (κ1) is 12.4. The number of nitrogens with one attached hydrogen (secondary N) is 1. The molecule has 0 aromatic heterocycles. The fourth-order valence-corrected chi connectivity index (χ4v) is 2.72. The van der Waals surface area contributed by atoms with E-state index in [-0.39, 0.29) is 0 Å². The lowest BCUT2D eigenvalue weighted by Crippen LogP contribution is -2.47. The summed E-state index contributed by atoms with van der Waals surface area (Å²) in [6.07, 6.45) is 0. The lowest BCUT2D eigenvalue weighted by molar-refractivity contribution is 0.352. The second kappa shape index (κ2) is 4.69. The summed E-state index contributed by atoms with van der Waals surface area (Å²) < 4.78 is 0. The summed E-state index contributed by atoms with van der Waals surface area (Å²) >= 11 is 0. The van der Waals surface area contributed by atoms with Gasteiger partial charge in [-0.3, -0.25) is 0 Å². The minimum atomic E-state index is 0.819. The summed E-state index contributed by atoms with van der Waals surface area (Å²) in [5, 5.41) is 3.34. The van der Waals surface area contributed by atoms with Crippen molar-refractivity contribution in [3.63, 3.8) is 0 Å². The second-order valence-electron chi connectivity index (χ2n) is 5.51. The molecule has 2 heteroatoms.